The number of anilines is 2. The Labute approximate surface area is 107 Å². The molecule has 0 aliphatic heterocycles. The summed E-state index contributed by atoms with van der Waals surface area (Å²) in [5, 5.41) is 4.48. The van der Waals surface area contributed by atoms with Gasteiger partial charge in [0, 0.05) is 11.9 Å². The molecule has 1 saturated carbocycles. The number of rotatable bonds is 3. The minimum atomic E-state index is 0.329. The number of hydrogen-bond acceptors (Lipinski definition) is 4. The van der Waals surface area contributed by atoms with Crippen molar-refractivity contribution in [3.05, 3.63) is 24.3 Å². The monoisotopic (exact) mass is 242 g/mol. The minimum absolute atomic E-state index is 0.329. The van der Waals surface area contributed by atoms with E-state index < -0.39 is 0 Å². The van der Waals surface area contributed by atoms with Crippen molar-refractivity contribution < 1.29 is 0 Å². The van der Waals surface area contributed by atoms with Crippen molar-refractivity contribution in [2.24, 2.45) is 5.41 Å². The molecule has 94 valence electrons. The summed E-state index contributed by atoms with van der Waals surface area (Å²) >= 11 is 0. The Morgan fingerprint density at radius 2 is 2.06 bits per heavy atom. The molecule has 3 rings (SSSR count). The molecule has 18 heavy (non-hydrogen) atoms. The molecule has 0 saturated heterocycles. The van der Waals surface area contributed by atoms with Gasteiger partial charge in [-0.25, -0.2) is 4.98 Å². The molecule has 1 aromatic heterocycles. The molecule has 0 bridgehead atoms. The third-order valence-electron chi connectivity index (χ3n) is 3.86. The van der Waals surface area contributed by atoms with Crippen LogP contribution in [0.25, 0.3) is 10.9 Å². The van der Waals surface area contributed by atoms with Crippen molar-refractivity contribution in [3.63, 3.8) is 0 Å². The summed E-state index contributed by atoms with van der Waals surface area (Å²) in [6.45, 7) is 3.27. The third-order valence-corrected chi connectivity index (χ3v) is 3.86. The van der Waals surface area contributed by atoms with Crippen LogP contribution < -0.4 is 11.1 Å². The lowest BCUT2D eigenvalue weighted by molar-refractivity contribution is 0.180. The zero-order chi connectivity index (χ0) is 12.6. The topological polar surface area (TPSA) is 63.8 Å². The van der Waals surface area contributed by atoms with Gasteiger partial charge in [0.2, 0.25) is 5.95 Å². The lowest BCUT2D eigenvalue weighted by atomic mass is 9.70. The van der Waals surface area contributed by atoms with E-state index in [-0.39, 0.29) is 0 Å². The fourth-order valence-electron chi connectivity index (χ4n) is 2.48. The van der Waals surface area contributed by atoms with E-state index in [0.717, 1.165) is 23.3 Å². The Balaban J connectivity index is 1.90. The highest BCUT2D eigenvalue weighted by atomic mass is 15.1. The first-order valence-electron chi connectivity index (χ1n) is 6.42. The van der Waals surface area contributed by atoms with Crippen LogP contribution in [0, 0.1) is 5.41 Å². The first-order chi connectivity index (χ1) is 8.66. The highest BCUT2D eigenvalue weighted by Gasteiger charge is 2.31. The first kappa shape index (κ1) is 11.3. The lowest BCUT2D eigenvalue weighted by Crippen LogP contribution is -2.33. The second kappa shape index (κ2) is 4.12. The van der Waals surface area contributed by atoms with E-state index in [0.29, 0.717) is 11.4 Å². The Morgan fingerprint density at radius 1 is 1.28 bits per heavy atom. The molecule has 1 heterocycles. The van der Waals surface area contributed by atoms with Crippen molar-refractivity contribution in [2.45, 2.75) is 26.2 Å². The summed E-state index contributed by atoms with van der Waals surface area (Å²) in [5.74, 6) is 1.18. The van der Waals surface area contributed by atoms with Crippen LogP contribution in [0.5, 0.6) is 0 Å². The Morgan fingerprint density at radius 3 is 2.78 bits per heavy atom. The van der Waals surface area contributed by atoms with Gasteiger partial charge in [0.05, 0.1) is 5.52 Å². The van der Waals surface area contributed by atoms with Gasteiger partial charge < -0.3 is 11.1 Å². The molecule has 4 nitrogen and oxygen atoms in total. The molecular formula is C14H18N4. The van der Waals surface area contributed by atoms with Gasteiger partial charge in [-0.2, -0.15) is 4.98 Å². The van der Waals surface area contributed by atoms with Crippen LogP contribution in [-0.4, -0.2) is 16.5 Å². The van der Waals surface area contributed by atoms with E-state index in [9.17, 15) is 0 Å². The molecular weight excluding hydrogens is 224 g/mol. The first-order valence-corrected chi connectivity index (χ1v) is 6.42. The molecule has 2 aromatic rings. The van der Waals surface area contributed by atoms with Gasteiger partial charge in [-0.05, 0) is 30.4 Å². The second-order valence-electron chi connectivity index (χ2n) is 5.47. The standard InChI is InChI=1S/C14H18N4/c1-14(7-4-8-14)9-16-12-10-5-2-3-6-11(10)17-13(15)18-12/h2-3,5-6H,4,7-9H2,1H3,(H3,15,16,17,18). The SMILES string of the molecule is CC1(CNc2nc(N)nc3ccccc23)CCC1. The molecule has 4 heteroatoms. The normalized spacial score (nSPS) is 17.4. The molecule has 0 radical (unpaired) electrons. The van der Waals surface area contributed by atoms with Gasteiger partial charge in [-0.15, -0.1) is 0 Å². The number of para-hydroxylation sites is 1. The average Bonchev–Trinajstić information content (AvgIpc) is 2.33. The van der Waals surface area contributed by atoms with E-state index in [1.807, 2.05) is 24.3 Å². The molecule has 0 amide bonds. The summed E-state index contributed by atoms with van der Waals surface area (Å²) in [7, 11) is 0. The summed E-state index contributed by atoms with van der Waals surface area (Å²) in [4.78, 5) is 8.56. The Bertz CT molecular complexity index is 575. The fourth-order valence-corrected chi connectivity index (χ4v) is 2.48. The highest BCUT2D eigenvalue weighted by molar-refractivity contribution is 5.89. The number of aromatic nitrogens is 2. The highest BCUT2D eigenvalue weighted by Crippen LogP contribution is 2.40. The summed E-state index contributed by atoms with van der Waals surface area (Å²) in [5.41, 5.74) is 7.06. The summed E-state index contributed by atoms with van der Waals surface area (Å²) in [6, 6.07) is 7.95. The molecule has 3 N–H and O–H groups in total. The Kier molecular flexibility index (Phi) is 2.58. The van der Waals surface area contributed by atoms with Crippen molar-refractivity contribution in [2.75, 3.05) is 17.6 Å². The predicted molar refractivity (Wildman–Crippen MR) is 74.4 cm³/mol. The van der Waals surface area contributed by atoms with Gasteiger partial charge in [0.15, 0.2) is 0 Å². The number of hydrogen-bond donors (Lipinski definition) is 2. The number of nitrogens with one attached hydrogen (secondary N) is 1. The van der Waals surface area contributed by atoms with Crippen molar-refractivity contribution in [1.82, 2.24) is 9.97 Å². The van der Waals surface area contributed by atoms with Crippen LogP contribution in [-0.2, 0) is 0 Å². The largest absolute Gasteiger partial charge is 0.369 e. The molecule has 0 spiro atoms. The van der Waals surface area contributed by atoms with Crippen molar-refractivity contribution in [1.29, 1.82) is 0 Å². The fraction of sp³-hybridized carbons (Fsp3) is 0.429. The molecule has 0 unspecified atom stereocenters. The van der Waals surface area contributed by atoms with Gasteiger partial charge in [-0.1, -0.05) is 25.5 Å². The average molecular weight is 242 g/mol. The van der Waals surface area contributed by atoms with Crippen molar-refractivity contribution in [3.8, 4) is 0 Å². The smallest absolute Gasteiger partial charge is 0.222 e. The summed E-state index contributed by atoms with van der Waals surface area (Å²) in [6.07, 6.45) is 3.92. The lowest BCUT2D eigenvalue weighted by Gasteiger charge is -2.38. The van der Waals surface area contributed by atoms with Gasteiger partial charge in [-0.3, -0.25) is 0 Å². The maximum Gasteiger partial charge on any atom is 0.222 e. The number of nitrogens with two attached hydrogens (primary N) is 1. The van der Waals surface area contributed by atoms with E-state index >= 15 is 0 Å². The zero-order valence-electron chi connectivity index (χ0n) is 10.6. The van der Waals surface area contributed by atoms with Crippen LogP contribution in [0.1, 0.15) is 26.2 Å². The molecule has 0 atom stereocenters. The summed E-state index contributed by atoms with van der Waals surface area (Å²) < 4.78 is 0. The Hall–Kier alpha value is -1.84. The molecule has 1 aliphatic rings. The number of benzene rings is 1. The maximum absolute atomic E-state index is 5.75. The van der Waals surface area contributed by atoms with E-state index in [4.69, 9.17) is 5.73 Å². The molecule has 1 aliphatic carbocycles. The quantitative estimate of drug-likeness (QED) is 0.868. The number of fused-ring (bicyclic) bond motifs is 1. The van der Waals surface area contributed by atoms with Crippen LogP contribution in [0.15, 0.2) is 24.3 Å². The van der Waals surface area contributed by atoms with Gasteiger partial charge in [0.1, 0.15) is 5.82 Å². The van der Waals surface area contributed by atoms with Crippen molar-refractivity contribution >= 4 is 22.7 Å². The van der Waals surface area contributed by atoms with E-state index in [1.165, 1.54) is 19.3 Å². The third kappa shape index (κ3) is 1.98. The number of nitrogens with zero attached hydrogens (tertiary/aromatic N) is 2. The zero-order valence-corrected chi connectivity index (χ0v) is 10.6. The molecule has 1 aromatic carbocycles. The number of nitrogen functional groups attached to an aromatic ring is 1. The predicted octanol–water partition coefficient (Wildman–Crippen LogP) is 2.81. The van der Waals surface area contributed by atoms with E-state index in [2.05, 4.69) is 22.2 Å². The van der Waals surface area contributed by atoms with Gasteiger partial charge in [0.25, 0.3) is 0 Å². The maximum atomic E-state index is 5.75. The van der Waals surface area contributed by atoms with Crippen LogP contribution >= 0.6 is 0 Å². The minimum Gasteiger partial charge on any atom is -0.369 e. The van der Waals surface area contributed by atoms with E-state index in [1.54, 1.807) is 0 Å². The van der Waals surface area contributed by atoms with Crippen LogP contribution in [0.3, 0.4) is 0 Å². The van der Waals surface area contributed by atoms with Gasteiger partial charge >= 0.3 is 0 Å². The second-order valence-corrected chi connectivity index (χ2v) is 5.47. The molecule has 1 fully saturated rings. The van der Waals surface area contributed by atoms with Crippen LogP contribution in [0.4, 0.5) is 11.8 Å². The van der Waals surface area contributed by atoms with Crippen LogP contribution in [0.2, 0.25) is 0 Å².